The van der Waals surface area contributed by atoms with Gasteiger partial charge >= 0.3 is 0 Å². The zero-order valence-corrected chi connectivity index (χ0v) is 13.2. The van der Waals surface area contributed by atoms with Crippen LogP contribution in [0.2, 0.25) is 0 Å². The number of carbonyl (C=O) groups excluding carboxylic acids is 2. The summed E-state index contributed by atoms with van der Waals surface area (Å²) in [6.45, 7) is 4.58. The Morgan fingerprint density at radius 2 is 1.95 bits per heavy atom. The van der Waals surface area contributed by atoms with Crippen molar-refractivity contribution < 1.29 is 9.59 Å². The third-order valence-electron chi connectivity index (χ3n) is 4.46. The van der Waals surface area contributed by atoms with E-state index in [0.29, 0.717) is 6.42 Å². The first-order valence-corrected chi connectivity index (χ1v) is 8.48. The maximum atomic E-state index is 12.3. The molecule has 2 saturated heterocycles. The van der Waals surface area contributed by atoms with Crippen LogP contribution in [-0.4, -0.2) is 48.4 Å². The zero-order chi connectivity index (χ0) is 15.1. The van der Waals surface area contributed by atoms with E-state index in [1.165, 1.54) is 12.8 Å². The molecule has 0 saturated carbocycles. The average molecular weight is 295 g/mol. The number of hydrogen-bond acceptors (Lipinski definition) is 3. The van der Waals surface area contributed by atoms with Gasteiger partial charge < -0.3 is 15.5 Å². The summed E-state index contributed by atoms with van der Waals surface area (Å²) in [5, 5.41) is 6.26. The zero-order valence-electron chi connectivity index (χ0n) is 13.2. The van der Waals surface area contributed by atoms with Gasteiger partial charge in [-0.2, -0.15) is 0 Å². The quantitative estimate of drug-likeness (QED) is 0.825. The molecule has 5 heteroatoms. The Morgan fingerprint density at radius 3 is 2.67 bits per heavy atom. The van der Waals surface area contributed by atoms with E-state index in [2.05, 4.69) is 10.6 Å². The Morgan fingerprint density at radius 1 is 1.24 bits per heavy atom. The smallest absolute Gasteiger partial charge is 0.237 e. The molecule has 0 unspecified atom stereocenters. The van der Waals surface area contributed by atoms with Crippen molar-refractivity contribution in [3.05, 3.63) is 0 Å². The van der Waals surface area contributed by atoms with Crippen LogP contribution in [0.5, 0.6) is 0 Å². The molecule has 2 fully saturated rings. The highest BCUT2D eigenvalue weighted by molar-refractivity contribution is 5.82. The van der Waals surface area contributed by atoms with Gasteiger partial charge in [-0.15, -0.1) is 0 Å². The standard InChI is InChI=1S/C16H29N3O2/c1-13(18-14-8-4-5-9-17-16(14)21)12-15(20)19-10-6-2-3-7-11-19/h13-14,18H,2-12H2,1H3,(H,17,21)/t13-,14+/m0/s1. The minimum Gasteiger partial charge on any atom is -0.355 e. The lowest BCUT2D eigenvalue weighted by Gasteiger charge is -2.25. The molecule has 0 aromatic heterocycles. The molecule has 0 aromatic rings. The lowest BCUT2D eigenvalue weighted by atomic mass is 10.1. The third-order valence-corrected chi connectivity index (χ3v) is 4.46. The molecule has 0 aliphatic carbocycles. The van der Waals surface area contributed by atoms with Crippen LogP contribution in [0.25, 0.3) is 0 Å². The minimum absolute atomic E-state index is 0.0506. The number of carbonyl (C=O) groups is 2. The van der Waals surface area contributed by atoms with Crippen molar-refractivity contribution in [1.82, 2.24) is 15.5 Å². The van der Waals surface area contributed by atoms with Crippen molar-refractivity contribution in [2.24, 2.45) is 0 Å². The fourth-order valence-corrected chi connectivity index (χ4v) is 3.21. The van der Waals surface area contributed by atoms with Gasteiger partial charge in [-0.25, -0.2) is 0 Å². The number of rotatable bonds is 4. The Balaban J connectivity index is 1.78. The summed E-state index contributed by atoms with van der Waals surface area (Å²) in [5.74, 6) is 0.313. The first-order valence-electron chi connectivity index (χ1n) is 8.48. The molecule has 2 amide bonds. The van der Waals surface area contributed by atoms with E-state index < -0.39 is 0 Å². The molecule has 0 spiro atoms. The lowest BCUT2D eigenvalue weighted by Crippen LogP contribution is -2.48. The summed E-state index contributed by atoms with van der Waals surface area (Å²) in [6.07, 6.45) is 8.18. The molecule has 5 nitrogen and oxygen atoms in total. The van der Waals surface area contributed by atoms with Gasteiger partial charge in [-0.05, 0) is 39.0 Å². The van der Waals surface area contributed by atoms with Crippen molar-refractivity contribution in [2.75, 3.05) is 19.6 Å². The van der Waals surface area contributed by atoms with Gasteiger partial charge in [0.2, 0.25) is 11.8 Å². The lowest BCUT2D eigenvalue weighted by molar-refractivity contribution is -0.132. The van der Waals surface area contributed by atoms with Gasteiger partial charge in [0, 0.05) is 32.1 Å². The highest BCUT2D eigenvalue weighted by Crippen LogP contribution is 2.12. The monoisotopic (exact) mass is 295 g/mol. The van der Waals surface area contributed by atoms with Crippen molar-refractivity contribution in [3.8, 4) is 0 Å². The molecule has 2 N–H and O–H groups in total. The number of likely N-dealkylation sites (tertiary alicyclic amines) is 1. The van der Waals surface area contributed by atoms with Gasteiger partial charge in [0.05, 0.1) is 6.04 Å². The maximum Gasteiger partial charge on any atom is 0.237 e. The predicted octanol–water partition coefficient (Wildman–Crippen LogP) is 1.43. The molecule has 2 atom stereocenters. The van der Waals surface area contributed by atoms with E-state index in [4.69, 9.17) is 0 Å². The summed E-state index contributed by atoms with van der Waals surface area (Å²) in [5.41, 5.74) is 0. The molecule has 120 valence electrons. The summed E-state index contributed by atoms with van der Waals surface area (Å²) in [6, 6.07) is -0.0889. The van der Waals surface area contributed by atoms with Gasteiger partial charge in [0.1, 0.15) is 0 Å². The van der Waals surface area contributed by atoms with Crippen LogP contribution >= 0.6 is 0 Å². The maximum absolute atomic E-state index is 12.3. The summed E-state index contributed by atoms with van der Waals surface area (Å²) < 4.78 is 0. The summed E-state index contributed by atoms with van der Waals surface area (Å²) in [4.78, 5) is 26.2. The van der Waals surface area contributed by atoms with Crippen LogP contribution in [0.1, 0.15) is 58.3 Å². The first kappa shape index (κ1) is 16.3. The first-order chi connectivity index (χ1) is 10.2. The summed E-state index contributed by atoms with van der Waals surface area (Å²) >= 11 is 0. The highest BCUT2D eigenvalue weighted by atomic mass is 16.2. The fourth-order valence-electron chi connectivity index (χ4n) is 3.21. The number of nitrogens with zero attached hydrogens (tertiary/aromatic N) is 1. The molecular formula is C16H29N3O2. The highest BCUT2D eigenvalue weighted by Gasteiger charge is 2.24. The largest absolute Gasteiger partial charge is 0.355 e. The van der Waals surface area contributed by atoms with Crippen molar-refractivity contribution in [2.45, 2.75) is 70.4 Å². The van der Waals surface area contributed by atoms with Crippen LogP contribution in [-0.2, 0) is 9.59 Å². The van der Waals surface area contributed by atoms with Crippen molar-refractivity contribution in [1.29, 1.82) is 0 Å². The van der Waals surface area contributed by atoms with E-state index in [1.54, 1.807) is 0 Å². The molecule has 21 heavy (non-hydrogen) atoms. The van der Waals surface area contributed by atoms with E-state index in [0.717, 1.165) is 51.7 Å². The molecule has 2 aliphatic heterocycles. The van der Waals surface area contributed by atoms with Crippen molar-refractivity contribution >= 4 is 11.8 Å². The van der Waals surface area contributed by atoms with Crippen molar-refractivity contribution in [3.63, 3.8) is 0 Å². The average Bonchev–Trinajstić information content (AvgIpc) is 2.83. The Labute approximate surface area is 127 Å². The number of nitrogens with one attached hydrogen (secondary N) is 2. The van der Waals surface area contributed by atoms with Gasteiger partial charge in [0.15, 0.2) is 0 Å². The van der Waals surface area contributed by atoms with Crippen LogP contribution in [0.4, 0.5) is 0 Å². The van der Waals surface area contributed by atoms with Gasteiger partial charge in [-0.3, -0.25) is 9.59 Å². The molecule has 0 radical (unpaired) electrons. The SMILES string of the molecule is C[C@@H](CC(=O)N1CCCCCC1)N[C@@H]1CCCCNC1=O. The molecule has 2 aliphatic rings. The number of hydrogen-bond donors (Lipinski definition) is 2. The van der Waals surface area contributed by atoms with E-state index >= 15 is 0 Å². The topological polar surface area (TPSA) is 61.4 Å². The molecule has 0 aromatic carbocycles. The van der Waals surface area contributed by atoms with E-state index in [9.17, 15) is 9.59 Å². The van der Waals surface area contributed by atoms with Crippen LogP contribution in [0, 0.1) is 0 Å². The molecular weight excluding hydrogens is 266 g/mol. The Bertz CT molecular complexity index is 351. The minimum atomic E-state index is -0.139. The second-order valence-corrected chi connectivity index (χ2v) is 6.41. The second kappa shape index (κ2) is 8.37. The second-order valence-electron chi connectivity index (χ2n) is 6.41. The van der Waals surface area contributed by atoms with Crippen LogP contribution < -0.4 is 10.6 Å². The van der Waals surface area contributed by atoms with Gasteiger partial charge in [0.25, 0.3) is 0 Å². The Hall–Kier alpha value is -1.10. The molecule has 0 bridgehead atoms. The Kier molecular flexibility index (Phi) is 6.49. The normalized spacial score (nSPS) is 25.7. The van der Waals surface area contributed by atoms with Gasteiger partial charge in [-0.1, -0.05) is 12.8 Å². The predicted molar refractivity (Wildman–Crippen MR) is 82.9 cm³/mol. The number of amides is 2. The van der Waals surface area contributed by atoms with Crippen LogP contribution in [0.15, 0.2) is 0 Å². The van der Waals surface area contributed by atoms with E-state index in [-0.39, 0.29) is 23.9 Å². The van der Waals surface area contributed by atoms with Crippen LogP contribution in [0.3, 0.4) is 0 Å². The fraction of sp³-hybridized carbons (Fsp3) is 0.875. The van der Waals surface area contributed by atoms with E-state index in [1.807, 2.05) is 11.8 Å². The molecule has 2 rings (SSSR count). The molecule has 2 heterocycles. The third kappa shape index (κ3) is 5.30. The summed E-state index contributed by atoms with van der Waals surface area (Å²) in [7, 11) is 0.